The summed E-state index contributed by atoms with van der Waals surface area (Å²) in [4.78, 5) is 48.0. The highest BCUT2D eigenvalue weighted by Gasteiger charge is 2.36. The Kier molecular flexibility index (Phi) is 4.51. The normalized spacial score (nSPS) is 15.9. The molecule has 3 rings (SSSR count). The third kappa shape index (κ3) is 3.43. The highest BCUT2D eigenvalue weighted by molar-refractivity contribution is 6.39. The second kappa shape index (κ2) is 6.79. The van der Waals surface area contributed by atoms with Crippen LogP contribution in [-0.2, 0) is 9.59 Å². The second-order valence-corrected chi connectivity index (χ2v) is 5.74. The topological polar surface area (TPSA) is 110 Å². The minimum atomic E-state index is -0.969. The molecule has 9 heteroatoms. The summed E-state index contributed by atoms with van der Waals surface area (Å²) in [6.07, 6.45) is 1.16. The molecule has 0 aromatic heterocycles. The number of halogens is 1. The first-order valence-electron chi connectivity index (χ1n) is 7.70. The van der Waals surface area contributed by atoms with Gasteiger partial charge in [0.15, 0.2) is 0 Å². The molecule has 0 spiro atoms. The SMILES string of the molecule is Cc1ccc(/C=C2\C(=O)NC(=O)N(c3ccc(F)cc3)C2=O)cc1[N+](=O)[O-]. The third-order valence-corrected chi connectivity index (χ3v) is 3.93. The van der Waals surface area contributed by atoms with Crippen LogP contribution in [0.15, 0.2) is 48.0 Å². The number of amides is 4. The van der Waals surface area contributed by atoms with Gasteiger partial charge in [-0.2, -0.15) is 0 Å². The first-order chi connectivity index (χ1) is 12.8. The molecule has 4 amide bonds. The number of anilines is 1. The Morgan fingerprint density at radius 2 is 1.78 bits per heavy atom. The molecule has 0 aliphatic carbocycles. The van der Waals surface area contributed by atoms with Gasteiger partial charge in [-0.3, -0.25) is 25.0 Å². The van der Waals surface area contributed by atoms with Crippen molar-refractivity contribution in [2.75, 3.05) is 4.90 Å². The highest BCUT2D eigenvalue weighted by Crippen LogP contribution is 2.24. The van der Waals surface area contributed by atoms with Crippen LogP contribution >= 0.6 is 0 Å². The van der Waals surface area contributed by atoms with Gasteiger partial charge in [0.25, 0.3) is 17.5 Å². The van der Waals surface area contributed by atoms with E-state index in [-0.39, 0.29) is 22.5 Å². The molecule has 0 saturated carbocycles. The van der Waals surface area contributed by atoms with Crippen molar-refractivity contribution in [2.45, 2.75) is 6.92 Å². The number of aryl methyl sites for hydroxylation is 1. The van der Waals surface area contributed by atoms with Crippen molar-refractivity contribution in [3.05, 3.63) is 75.1 Å². The molecule has 8 nitrogen and oxygen atoms in total. The largest absolute Gasteiger partial charge is 0.335 e. The molecule has 1 aliphatic rings. The molecule has 2 aromatic rings. The molecular formula is C18H12FN3O5. The smallest absolute Gasteiger partial charge is 0.273 e. The zero-order valence-electron chi connectivity index (χ0n) is 13.9. The summed E-state index contributed by atoms with van der Waals surface area (Å²) >= 11 is 0. The quantitative estimate of drug-likeness (QED) is 0.387. The van der Waals surface area contributed by atoms with Gasteiger partial charge in [0.1, 0.15) is 11.4 Å². The predicted molar refractivity (Wildman–Crippen MR) is 93.2 cm³/mol. The minimum Gasteiger partial charge on any atom is -0.273 e. The molecule has 0 radical (unpaired) electrons. The standard InChI is InChI=1S/C18H12FN3O5/c1-10-2-3-11(9-15(10)22(26)27)8-14-16(23)20-18(25)21(17(14)24)13-6-4-12(19)5-7-13/h2-9H,1H3,(H,20,23,25)/b14-8+. The Balaban J connectivity index is 2.03. The fourth-order valence-electron chi connectivity index (χ4n) is 2.56. The molecule has 1 fully saturated rings. The predicted octanol–water partition coefficient (Wildman–Crippen LogP) is 2.71. The van der Waals surface area contributed by atoms with E-state index in [2.05, 4.69) is 0 Å². The number of hydrogen-bond donors (Lipinski definition) is 1. The van der Waals surface area contributed by atoms with E-state index in [1.54, 1.807) is 6.92 Å². The number of urea groups is 1. The van der Waals surface area contributed by atoms with E-state index < -0.39 is 28.6 Å². The van der Waals surface area contributed by atoms with E-state index in [1.165, 1.54) is 30.3 Å². The van der Waals surface area contributed by atoms with Crippen molar-refractivity contribution in [3.8, 4) is 0 Å². The van der Waals surface area contributed by atoms with Crippen molar-refractivity contribution in [1.29, 1.82) is 0 Å². The van der Waals surface area contributed by atoms with Crippen molar-refractivity contribution in [3.63, 3.8) is 0 Å². The number of nitrogens with zero attached hydrogens (tertiary/aromatic N) is 2. The Morgan fingerprint density at radius 1 is 1.11 bits per heavy atom. The maximum absolute atomic E-state index is 13.1. The van der Waals surface area contributed by atoms with Crippen LogP contribution in [0.4, 0.5) is 20.6 Å². The Bertz CT molecular complexity index is 1010. The lowest BCUT2D eigenvalue weighted by Crippen LogP contribution is -2.54. The first kappa shape index (κ1) is 17.9. The molecule has 1 heterocycles. The van der Waals surface area contributed by atoms with Gasteiger partial charge in [-0.05, 0) is 42.8 Å². The van der Waals surface area contributed by atoms with Crippen molar-refractivity contribution in [2.24, 2.45) is 0 Å². The summed E-state index contributed by atoms with van der Waals surface area (Å²) in [5.74, 6) is -2.40. The van der Waals surface area contributed by atoms with Gasteiger partial charge in [-0.15, -0.1) is 0 Å². The van der Waals surface area contributed by atoms with Crippen LogP contribution in [0.25, 0.3) is 6.08 Å². The van der Waals surface area contributed by atoms with Gasteiger partial charge >= 0.3 is 6.03 Å². The number of nitrogens with one attached hydrogen (secondary N) is 1. The molecule has 2 aromatic carbocycles. The molecule has 1 saturated heterocycles. The van der Waals surface area contributed by atoms with Crippen LogP contribution in [0.1, 0.15) is 11.1 Å². The van der Waals surface area contributed by atoms with Gasteiger partial charge in [0.05, 0.1) is 10.6 Å². The van der Waals surface area contributed by atoms with Crippen LogP contribution in [0.5, 0.6) is 0 Å². The lowest BCUT2D eigenvalue weighted by atomic mass is 10.0. The molecule has 0 atom stereocenters. The summed E-state index contributed by atoms with van der Waals surface area (Å²) in [6.45, 7) is 1.56. The Labute approximate surface area is 152 Å². The molecule has 1 N–H and O–H groups in total. The van der Waals surface area contributed by atoms with Gasteiger partial charge in [-0.1, -0.05) is 12.1 Å². The molecular weight excluding hydrogens is 357 g/mol. The van der Waals surface area contributed by atoms with E-state index in [1.807, 2.05) is 5.32 Å². The zero-order chi connectivity index (χ0) is 19.7. The zero-order valence-corrected chi connectivity index (χ0v) is 13.9. The van der Waals surface area contributed by atoms with E-state index in [4.69, 9.17) is 0 Å². The highest BCUT2D eigenvalue weighted by atomic mass is 19.1. The number of carbonyl (C=O) groups excluding carboxylic acids is 3. The van der Waals surface area contributed by atoms with Crippen LogP contribution in [0.3, 0.4) is 0 Å². The van der Waals surface area contributed by atoms with Crippen LogP contribution in [0.2, 0.25) is 0 Å². The van der Waals surface area contributed by atoms with Crippen molar-refractivity contribution >= 4 is 35.3 Å². The van der Waals surface area contributed by atoms with E-state index in [0.717, 1.165) is 18.2 Å². The molecule has 1 aliphatic heterocycles. The summed E-state index contributed by atoms with van der Waals surface area (Å²) in [7, 11) is 0. The van der Waals surface area contributed by atoms with Crippen molar-refractivity contribution < 1.29 is 23.7 Å². The molecule has 0 unspecified atom stereocenters. The number of hydrogen-bond acceptors (Lipinski definition) is 5. The number of benzene rings is 2. The lowest BCUT2D eigenvalue weighted by Gasteiger charge is -2.26. The maximum Gasteiger partial charge on any atom is 0.335 e. The average Bonchev–Trinajstić information content (AvgIpc) is 2.61. The van der Waals surface area contributed by atoms with Crippen molar-refractivity contribution in [1.82, 2.24) is 5.32 Å². The van der Waals surface area contributed by atoms with Gasteiger partial charge < -0.3 is 0 Å². The maximum atomic E-state index is 13.1. The summed E-state index contributed by atoms with van der Waals surface area (Å²) in [5, 5.41) is 13.1. The Morgan fingerprint density at radius 3 is 2.41 bits per heavy atom. The monoisotopic (exact) mass is 369 g/mol. The fraction of sp³-hybridized carbons (Fsp3) is 0.0556. The average molecular weight is 369 g/mol. The Hall–Kier alpha value is -3.88. The first-order valence-corrected chi connectivity index (χ1v) is 7.70. The molecule has 27 heavy (non-hydrogen) atoms. The summed E-state index contributed by atoms with van der Waals surface area (Å²) < 4.78 is 13.1. The van der Waals surface area contributed by atoms with E-state index in [0.29, 0.717) is 10.5 Å². The second-order valence-electron chi connectivity index (χ2n) is 5.74. The number of carbonyl (C=O) groups is 3. The van der Waals surface area contributed by atoms with E-state index in [9.17, 15) is 28.9 Å². The van der Waals surface area contributed by atoms with E-state index >= 15 is 0 Å². The molecule has 136 valence electrons. The number of nitro benzene ring substituents is 1. The van der Waals surface area contributed by atoms with Gasteiger partial charge in [0, 0.05) is 11.6 Å². The van der Waals surface area contributed by atoms with Crippen LogP contribution < -0.4 is 10.2 Å². The summed E-state index contributed by atoms with van der Waals surface area (Å²) in [6, 6.07) is 7.82. The minimum absolute atomic E-state index is 0.0761. The summed E-state index contributed by atoms with van der Waals surface area (Å²) in [5.41, 5.74) is 0.202. The number of barbiturate groups is 1. The number of rotatable bonds is 3. The lowest BCUT2D eigenvalue weighted by molar-refractivity contribution is -0.385. The number of nitro groups is 1. The van der Waals surface area contributed by atoms with Gasteiger partial charge in [-0.25, -0.2) is 14.1 Å². The fourth-order valence-corrected chi connectivity index (χ4v) is 2.56. The van der Waals surface area contributed by atoms with Crippen LogP contribution in [-0.4, -0.2) is 22.8 Å². The van der Waals surface area contributed by atoms with Gasteiger partial charge in [0.2, 0.25) is 0 Å². The number of imide groups is 2. The molecule has 0 bridgehead atoms. The van der Waals surface area contributed by atoms with Crippen LogP contribution in [0, 0.1) is 22.9 Å². The third-order valence-electron chi connectivity index (χ3n) is 3.93.